The molecular formula is C14H15BrClNO3. The van der Waals surface area contributed by atoms with E-state index in [9.17, 15) is 4.79 Å². The molecule has 2 heterocycles. The van der Waals surface area contributed by atoms with Crippen molar-refractivity contribution in [2.24, 2.45) is 0 Å². The van der Waals surface area contributed by atoms with Gasteiger partial charge in [-0.15, -0.1) is 0 Å². The van der Waals surface area contributed by atoms with Gasteiger partial charge in [-0.05, 0) is 34.1 Å². The van der Waals surface area contributed by atoms with Crippen LogP contribution in [0, 0.1) is 0 Å². The van der Waals surface area contributed by atoms with Crippen molar-refractivity contribution in [3.05, 3.63) is 33.3 Å². The third-order valence-corrected chi connectivity index (χ3v) is 5.03. The number of carbonyl (C=O) groups is 1. The van der Waals surface area contributed by atoms with Gasteiger partial charge in [-0.25, -0.2) is 0 Å². The van der Waals surface area contributed by atoms with Gasteiger partial charge in [0, 0.05) is 36.0 Å². The average molecular weight is 361 g/mol. The first-order chi connectivity index (χ1) is 9.60. The van der Waals surface area contributed by atoms with Gasteiger partial charge in [0.05, 0.1) is 18.2 Å². The lowest BCUT2D eigenvalue weighted by atomic mass is 10.0. The summed E-state index contributed by atoms with van der Waals surface area (Å²) in [5.74, 6) is -0.444. The molecule has 0 bridgehead atoms. The number of piperidine rings is 1. The number of hydrogen-bond donors (Lipinski definition) is 0. The maximum absolute atomic E-state index is 12.4. The minimum Gasteiger partial charge on any atom is -0.347 e. The maximum atomic E-state index is 12.4. The summed E-state index contributed by atoms with van der Waals surface area (Å²) in [6.07, 6.45) is 1.45. The highest BCUT2D eigenvalue weighted by Gasteiger charge is 2.40. The molecule has 4 nitrogen and oxygen atoms in total. The Hall–Kier alpha value is -0.620. The van der Waals surface area contributed by atoms with Crippen molar-refractivity contribution in [1.82, 2.24) is 4.90 Å². The van der Waals surface area contributed by atoms with Crippen molar-refractivity contribution in [3.63, 3.8) is 0 Å². The predicted molar refractivity (Wildman–Crippen MR) is 78.9 cm³/mol. The van der Waals surface area contributed by atoms with Gasteiger partial charge in [0.15, 0.2) is 5.79 Å². The molecule has 2 saturated heterocycles. The lowest BCUT2D eigenvalue weighted by molar-refractivity contribution is -0.181. The number of likely N-dealkylation sites (tertiary alicyclic amines) is 1. The van der Waals surface area contributed by atoms with Gasteiger partial charge in [0.2, 0.25) is 0 Å². The van der Waals surface area contributed by atoms with Crippen LogP contribution in [0.5, 0.6) is 0 Å². The van der Waals surface area contributed by atoms with Crippen LogP contribution in [0.15, 0.2) is 22.7 Å². The summed E-state index contributed by atoms with van der Waals surface area (Å²) >= 11 is 9.36. The number of carbonyl (C=O) groups excluding carboxylic acids is 1. The van der Waals surface area contributed by atoms with Gasteiger partial charge in [0.1, 0.15) is 0 Å². The quantitative estimate of drug-likeness (QED) is 0.772. The van der Waals surface area contributed by atoms with E-state index >= 15 is 0 Å². The standard InChI is InChI=1S/C14H15BrClNO3/c15-11-2-1-10(9-12(11)16)13(18)17-5-3-14(4-6-17)19-7-8-20-14/h1-2,9H,3-8H2. The van der Waals surface area contributed by atoms with Crippen molar-refractivity contribution in [2.45, 2.75) is 18.6 Å². The average Bonchev–Trinajstić information content (AvgIpc) is 2.90. The van der Waals surface area contributed by atoms with Gasteiger partial charge in [-0.2, -0.15) is 0 Å². The van der Waals surface area contributed by atoms with Crippen LogP contribution >= 0.6 is 27.5 Å². The second kappa shape index (κ2) is 5.64. The summed E-state index contributed by atoms with van der Waals surface area (Å²) in [6.45, 7) is 2.59. The van der Waals surface area contributed by atoms with E-state index in [2.05, 4.69) is 15.9 Å². The Labute approximate surface area is 131 Å². The van der Waals surface area contributed by atoms with Crippen molar-refractivity contribution in [3.8, 4) is 0 Å². The molecule has 0 saturated carbocycles. The zero-order valence-electron chi connectivity index (χ0n) is 10.9. The molecule has 0 atom stereocenters. The number of halogens is 2. The van der Waals surface area contributed by atoms with Crippen molar-refractivity contribution < 1.29 is 14.3 Å². The molecule has 2 aliphatic rings. The molecule has 1 spiro atoms. The Morgan fingerprint density at radius 2 is 1.90 bits per heavy atom. The second-order valence-electron chi connectivity index (χ2n) is 5.03. The molecule has 6 heteroatoms. The molecule has 0 aromatic heterocycles. The number of nitrogens with zero attached hydrogens (tertiary/aromatic N) is 1. The summed E-state index contributed by atoms with van der Waals surface area (Å²) in [4.78, 5) is 14.3. The van der Waals surface area contributed by atoms with Crippen LogP contribution in [-0.2, 0) is 9.47 Å². The third-order valence-electron chi connectivity index (χ3n) is 3.79. The minimum atomic E-state index is -0.450. The minimum absolute atomic E-state index is 0.00671. The van der Waals surface area contributed by atoms with E-state index < -0.39 is 5.79 Å². The van der Waals surface area contributed by atoms with Crippen molar-refractivity contribution in [2.75, 3.05) is 26.3 Å². The number of ether oxygens (including phenoxy) is 2. The summed E-state index contributed by atoms with van der Waals surface area (Å²) in [7, 11) is 0. The Bertz CT molecular complexity index is 521. The molecule has 108 valence electrons. The molecule has 0 unspecified atom stereocenters. The van der Waals surface area contributed by atoms with Crippen LogP contribution in [0.1, 0.15) is 23.2 Å². The lowest BCUT2D eigenvalue weighted by Crippen LogP contribution is -2.47. The zero-order chi connectivity index (χ0) is 14.2. The summed E-state index contributed by atoms with van der Waals surface area (Å²) in [5, 5.41) is 0.548. The first-order valence-corrected chi connectivity index (χ1v) is 7.79. The topological polar surface area (TPSA) is 38.8 Å². The summed E-state index contributed by atoms with van der Waals surface area (Å²) < 4.78 is 12.1. The lowest BCUT2D eigenvalue weighted by Gasteiger charge is -2.37. The fourth-order valence-corrected chi connectivity index (χ4v) is 3.08. The van der Waals surface area contributed by atoms with E-state index in [0.717, 1.165) is 17.3 Å². The summed E-state index contributed by atoms with van der Waals surface area (Å²) in [5.41, 5.74) is 0.613. The molecule has 20 heavy (non-hydrogen) atoms. The van der Waals surface area contributed by atoms with Gasteiger partial charge in [-0.1, -0.05) is 11.6 Å². The zero-order valence-corrected chi connectivity index (χ0v) is 13.2. The molecular weight excluding hydrogens is 346 g/mol. The highest BCUT2D eigenvalue weighted by atomic mass is 79.9. The molecule has 1 amide bonds. The predicted octanol–water partition coefficient (Wildman–Crippen LogP) is 3.08. The van der Waals surface area contributed by atoms with Crippen molar-refractivity contribution in [1.29, 1.82) is 0 Å². The van der Waals surface area contributed by atoms with E-state index in [-0.39, 0.29) is 5.91 Å². The Morgan fingerprint density at radius 1 is 1.25 bits per heavy atom. The van der Waals surface area contributed by atoms with E-state index in [1.165, 1.54) is 0 Å². The molecule has 0 aliphatic carbocycles. The van der Waals surface area contributed by atoms with Gasteiger partial charge < -0.3 is 14.4 Å². The molecule has 0 N–H and O–H groups in total. The van der Waals surface area contributed by atoms with Crippen LogP contribution in [0.2, 0.25) is 5.02 Å². The van der Waals surface area contributed by atoms with Gasteiger partial charge >= 0.3 is 0 Å². The Morgan fingerprint density at radius 3 is 2.50 bits per heavy atom. The van der Waals surface area contributed by atoms with Crippen molar-refractivity contribution >= 4 is 33.4 Å². The Balaban J connectivity index is 1.68. The molecule has 2 aliphatic heterocycles. The van der Waals surface area contributed by atoms with E-state index in [4.69, 9.17) is 21.1 Å². The highest BCUT2D eigenvalue weighted by Crippen LogP contribution is 2.32. The molecule has 3 rings (SSSR count). The monoisotopic (exact) mass is 359 g/mol. The number of rotatable bonds is 1. The maximum Gasteiger partial charge on any atom is 0.253 e. The van der Waals surface area contributed by atoms with E-state index in [0.29, 0.717) is 36.9 Å². The van der Waals surface area contributed by atoms with Crippen LogP contribution in [-0.4, -0.2) is 42.9 Å². The fourth-order valence-electron chi connectivity index (χ4n) is 2.65. The molecule has 1 aromatic rings. The van der Waals surface area contributed by atoms with Gasteiger partial charge in [0.25, 0.3) is 5.91 Å². The fraction of sp³-hybridized carbons (Fsp3) is 0.500. The summed E-state index contributed by atoms with van der Waals surface area (Å²) in [6, 6.07) is 5.27. The van der Waals surface area contributed by atoms with Crippen LogP contribution in [0.3, 0.4) is 0 Å². The Kier molecular flexibility index (Phi) is 4.04. The van der Waals surface area contributed by atoms with Crippen LogP contribution in [0.4, 0.5) is 0 Å². The smallest absolute Gasteiger partial charge is 0.253 e. The molecule has 2 fully saturated rings. The normalized spacial score (nSPS) is 21.4. The van der Waals surface area contributed by atoms with Crippen LogP contribution in [0.25, 0.3) is 0 Å². The van der Waals surface area contributed by atoms with Gasteiger partial charge in [-0.3, -0.25) is 4.79 Å². The second-order valence-corrected chi connectivity index (χ2v) is 6.29. The largest absolute Gasteiger partial charge is 0.347 e. The molecule has 1 aromatic carbocycles. The van der Waals surface area contributed by atoms with Crippen LogP contribution < -0.4 is 0 Å². The highest BCUT2D eigenvalue weighted by molar-refractivity contribution is 9.10. The first kappa shape index (κ1) is 14.3. The molecule has 0 radical (unpaired) electrons. The number of benzene rings is 1. The number of hydrogen-bond acceptors (Lipinski definition) is 3. The van der Waals surface area contributed by atoms with E-state index in [1.807, 2.05) is 4.90 Å². The third kappa shape index (κ3) is 2.72. The SMILES string of the molecule is O=C(c1ccc(Br)c(Cl)c1)N1CCC2(CC1)OCCO2. The first-order valence-electron chi connectivity index (χ1n) is 6.62. The van der Waals surface area contributed by atoms with E-state index in [1.54, 1.807) is 18.2 Å². The number of amides is 1.